The van der Waals surface area contributed by atoms with Gasteiger partial charge in [-0.15, -0.1) is 11.3 Å². The second kappa shape index (κ2) is 5.63. The summed E-state index contributed by atoms with van der Waals surface area (Å²) < 4.78 is 2.09. The van der Waals surface area contributed by atoms with Crippen LogP contribution in [0, 0.1) is 6.92 Å². The van der Waals surface area contributed by atoms with Crippen LogP contribution in [0.15, 0.2) is 38.6 Å². The first-order chi connectivity index (χ1) is 8.11. The molecule has 0 saturated carbocycles. The summed E-state index contributed by atoms with van der Waals surface area (Å²) in [5, 5.41) is 2.13. The van der Waals surface area contributed by atoms with Gasteiger partial charge in [-0.05, 0) is 47.7 Å². The molecule has 0 aliphatic carbocycles. The number of halogens is 2. The first-order valence-electron chi connectivity index (χ1n) is 5.08. The Bertz CT molecular complexity index is 525. The summed E-state index contributed by atoms with van der Waals surface area (Å²) in [6.45, 7) is 2.09. The molecule has 1 aromatic heterocycles. The fourth-order valence-electron chi connectivity index (χ4n) is 1.72. The number of rotatable bonds is 3. The lowest BCUT2D eigenvalue weighted by Gasteiger charge is -2.17. The van der Waals surface area contributed by atoms with Crippen LogP contribution in [-0.2, 0) is 0 Å². The van der Waals surface area contributed by atoms with Crippen LogP contribution in [0.3, 0.4) is 0 Å². The van der Waals surface area contributed by atoms with E-state index in [0.29, 0.717) is 0 Å². The Hall–Kier alpha value is -0.200. The van der Waals surface area contributed by atoms with E-state index in [4.69, 9.17) is 5.84 Å². The van der Waals surface area contributed by atoms with Crippen molar-refractivity contribution in [1.29, 1.82) is 0 Å². The molecule has 2 rings (SSSR count). The number of aryl methyl sites for hydroxylation is 1. The van der Waals surface area contributed by atoms with Crippen LogP contribution in [0.5, 0.6) is 0 Å². The van der Waals surface area contributed by atoms with Gasteiger partial charge in [-0.1, -0.05) is 31.9 Å². The highest BCUT2D eigenvalue weighted by Crippen LogP contribution is 2.32. The van der Waals surface area contributed by atoms with E-state index in [2.05, 4.69) is 61.7 Å². The average molecular weight is 376 g/mol. The number of hydrogen-bond donors (Lipinski definition) is 2. The Labute approximate surface area is 121 Å². The number of benzene rings is 1. The lowest BCUT2D eigenvalue weighted by molar-refractivity contribution is 0.636. The van der Waals surface area contributed by atoms with Crippen LogP contribution < -0.4 is 11.3 Å². The molecule has 0 fully saturated rings. The van der Waals surface area contributed by atoms with Gasteiger partial charge in [0.1, 0.15) is 0 Å². The molecule has 0 aliphatic heterocycles. The largest absolute Gasteiger partial charge is 0.271 e. The molecule has 17 heavy (non-hydrogen) atoms. The summed E-state index contributed by atoms with van der Waals surface area (Å²) in [5.41, 5.74) is 5.19. The molecule has 1 unspecified atom stereocenters. The minimum atomic E-state index is 0.00632. The number of nitrogens with one attached hydrogen (secondary N) is 1. The second-order valence-electron chi connectivity index (χ2n) is 3.76. The highest BCUT2D eigenvalue weighted by molar-refractivity contribution is 9.11. The molecule has 90 valence electrons. The molecule has 0 spiro atoms. The highest BCUT2D eigenvalue weighted by atomic mass is 79.9. The zero-order chi connectivity index (χ0) is 12.4. The summed E-state index contributed by atoms with van der Waals surface area (Å²) >= 11 is 8.78. The molecular weight excluding hydrogens is 364 g/mol. The van der Waals surface area contributed by atoms with Gasteiger partial charge >= 0.3 is 0 Å². The fraction of sp³-hybridized carbons (Fsp3) is 0.167. The zero-order valence-electron chi connectivity index (χ0n) is 9.21. The van der Waals surface area contributed by atoms with Crippen molar-refractivity contribution in [2.75, 3.05) is 0 Å². The zero-order valence-corrected chi connectivity index (χ0v) is 13.2. The Morgan fingerprint density at radius 2 is 2.06 bits per heavy atom. The maximum Gasteiger partial charge on any atom is 0.0729 e. The molecule has 2 aromatic rings. The Morgan fingerprint density at radius 3 is 2.65 bits per heavy atom. The summed E-state index contributed by atoms with van der Waals surface area (Å²) in [4.78, 5) is 1.28. The predicted molar refractivity (Wildman–Crippen MR) is 80.1 cm³/mol. The molecule has 0 aliphatic rings. The number of thiophene rings is 1. The van der Waals surface area contributed by atoms with Crippen molar-refractivity contribution in [1.82, 2.24) is 5.43 Å². The van der Waals surface area contributed by atoms with Crippen LogP contribution in [0.1, 0.15) is 22.0 Å². The van der Waals surface area contributed by atoms with Crippen molar-refractivity contribution in [3.8, 4) is 0 Å². The third-order valence-corrected chi connectivity index (χ3v) is 4.61. The van der Waals surface area contributed by atoms with Gasteiger partial charge in [0.05, 0.1) is 6.04 Å². The first-order valence-corrected chi connectivity index (χ1v) is 7.54. The highest BCUT2D eigenvalue weighted by Gasteiger charge is 2.16. The molecule has 5 heteroatoms. The number of nitrogens with two attached hydrogens (primary N) is 1. The van der Waals surface area contributed by atoms with Gasteiger partial charge in [0, 0.05) is 13.8 Å². The van der Waals surface area contributed by atoms with Crippen molar-refractivity contribution >= 4 is 43.2 Å². The van der Waals surface area contributed by atoms with E-state index >= 15 is 0 Å². The quantitative estimate of drug-likeness (QED) is 0.625. The normalized spacial score (nSPS) is 12.7. The lowest BCUT2D eigenvalue weighted by atomic mass is 10.0. The van der Waals surface area contributed by atoms with E-state index in [1.807, 2.05) is 12.1 Å². The molecule has 2 nitrogen and oxygen atoms in total. The van der Waals surface area contributed by atoms with Gasteiger partial charge in [0.15, 0.2) is 0 Å². The summed E-state index contributed by atoms with van der Waals surface area (Å²) in [7, 11) is 0. The van der Waals surface area contributed by atoms with E-state index < -0.39 is 0 Å². The van der Waals surface area contributed by atoms with E-state index in [1.165, 1.54) is 10.4 Å². The van der Waals surface area contributed by atoms with Gasteiger partial charge in [0.2, 0.25) is 0 Å². The van der Waals surface area contributed by atoms with Crippen LogP contribution in [0.25, 0.3) is 0 Å². The van der Waals surface area contributed by atoms with Gasteiger partial charge in [-0.2, -0.15) is 0 Å². The maximum absolute atomic E-state index is 5.68. The van der Waals surface area contributed by atoms with Crippen LogP contribution >= 0.6 is 43.2 Å². The van der Waals surface area contributed by atoms with Gasteiger partial charge in [-0.25, -0.2) is 5.43 Å². The van der Waals surface area contributed by atoms with E-state index in [1.54, 1.807) is 11.3 Å². The Balaban J connectivity index is 2.45. The molecular formula is C12H12Br2N2S. The molecule has 1 aromatic carbocycles. The summed E-state index contributed by atoms with van der Waals surface area (Å²) in [5.74, 6) is 5.68. The molecule has 0 bridgehead atoms. The van der Waals surface area contributed by atoms with Crippen molar-refractivity contribution < 1.29 is 0 Å². The van der Waals surface area contributed by atoms with Crippen molar-refractivity contribution in [3.63, 3.8) is 0 Å². The fourth-order valence-corrected chi connectivity index (χ4v) is 3.30. The third kappa shape index (κ3) is 2.98. The molecule has 1 heterocycles. The third-order valence-electron chi connectivity index (χ3n) is 2.52. The van der Waals surface area contributed by atoms with Gasteiger partial charge < -0.3 is 0 Å². The van der Waals surface area contributed by atoms with Crippen molar-refractivity contribution in [2.45, 2.75) is 13.0 Å². The minimum Gasteiger partial charge on any atom is -0.271 e. The standard InChI is InChI=1S/C12H12Br2N2S/c1-7-4-8(6-17-7)12(16-15)10-5-9(13)2-3-11(10)14/h2-6,12,16H,15H2,1H3. The van der Waals surface area contributed by atoms with E-state index in [0.717, 1.165) is 14.5 Å². The molecule has 0 amide bonds. The Morgan fingerprint density at radius 1 is 1.29 bits per heavy atom. The second-order valence-corrected chi connectivity index (χ2v) is 6.64. The number of hydrazine groups is 1. The molecule has 0 radical (unpaired) electrons. The van der Waals surface area contributed by atoms with Crippen LogP contribution in [0.4, 0.5) is 0 Å². The topological polar surface area (TPSA) is 38.0 Å². The Kier molecular flexibility index (Phi) is 4.38. The summed E-state index contributed by atoms with van der Waals surface area (Å²) in [6, 6.07) is 8.25. The smallest absolute Gasteiger partial charge is 0.0729 e. The van der Waals surface area contributed by atoms with Gasteiger partial charge in [-0.3, -0.25) is 5.84 Å². The van der Waals surface area contributed by atoms with Crippen LogP contribution in [-0.4, -0.2) is 0 Å². The van der Waals surface area contributed by atoms with Crippen molar-refractivity contribution in [2.24, 2.45) is 5.84 Å². The predicted octanol–water partition coefficient (Wildman–Crippen LogP) is 4.13. The van der Waals surface area contributed by atoms with Crippen molar-refractivity contribution in [3.05, 3.63) is 54.6 Å². The summed E-state index contributed by atoms with van der Waals surface area (Å²) in [6.07, 6.45) is 0. The maximum atomic E-state index is 5.68. The van der Waals surface area contributed by atoms with Crippen LogP contribution in [0.2, 0.25) is 0 Å². The molecule has 0 saturated heterocycles. The van der Waals surface area contributed by atoms with E-state index in [-0.39, 0.29) is 6.04 Å². The first kappa shape index (κ1) is 13.2. The molecule has 1 atom stereocenters. The van der Waals surface area contributed by atoms with E-state index in [9.17, 15) is 0 Å². The monoisotopic (exact) mass is 374 g/mol. The minimum absolute atomic E-state index is 0.00632. The average Bonchev–Trinajstić information content (AvgIpc) is 2.71. The SMILES string of the molecule is Cc1cc(C(NN)c2cc(Br)ccc2Br)cs1. The lowest BCUT2D eigenvalue weighted by Crippen LogP contribution is -2.28. The number of hydrogen-bond acceptors (Lipinski definition) is 3. The van der Waals surface area contributed by atoms with Gasteiger partial charge in [0.25, 0.3) is 0 Å². The molecule has 3 N–H and O–H groups in total.